The fourth-order valence-corrected chi connectivity index (χ4v) is 4.20. The summed E-state index contributed by atoms with van der Waals surface area (Å²) in [6, 6.07) is 13.5. The third-order valence-electron chi connectivity index (χ3n) is 6.30. The van der Waals surface area contributed by atoms with Gasteiger partial charge in [0.2, 0.25) is 0 Å². The number of carbonyl (C=O) groups is 3. The number of aromatic nitrogens is 1. The summed E-state index contributed by atoms with van der Waals surface area (Å²) in [5, 5.41) is 34.6. The highest BCUT2D eigenvalue weighted by molar-refractivity contribution is 6.30. The fourth-order valence-electron chi connectivity index (χ4n) is 4.07. The van der Waals surface area contributed by atoms with Gasteiger partial charge in [-0.15, -0.1) is 0 Å². The summed E-state index contributed by atoms with van der Waals surface area (Å²) in [6.45, 7) is 2.21. The van der Waals surface area contributed by atoms with Gasteiger partial charge in [-0.3, -0.25) is 19.5 Å². The lowest BCUT2D eigenvalue weighted by Gasteiger charge is -2.28. The number of aliphatic carboxylic acids is 3. The van der Waals surface area contributed by atoms with Gasteiger partial charge in [0, 0.05) is 42.0 Å². The van der Waals surface area contributed by atoms with Crippen molar-refractivity contribution in [2.75, 3.05) is 6.54 Å². The molecule has 4 N–H and O–H groups in total. The number of aliphatic hydroxyl groups is 1. The van der Waals surface area contributed by atoms with E-state index < -0.39 is 36.4 Å². The van der Waals surface area contributed by atoms with Crippen LogP contribution in [0.25, 0.3) is 0 Å². The molecule has 0 saturated heterocycles. The number of rotatable bonds is 11. The van der Waals surface area contributed by atoms with E-state index in [0.29, 0.717) is 5.41 Å². The molecule has 2 saturated carbocycles. The Kier molecular flexibility index (Phi) is 8.47. The monoisotopic (exact) mass is 504 g/mol. The molecule has 35 heavy (non-hydrogen) atoms. The van der Waals surface area contributed by atoms with Crippen LogP contribution >= 0.6 is 11.6 Å². The molecular weight excluding hydrogens is 476 g/mol. The number of benzene rings is 1. The standard InChI is InChI=1S/C19H21ClN2.C6H8O7/c20-17-3-1-16(2-4-17)19(9-10-19)14-22(18-5-6-18)13-15-7-11-21-12-8-15;7-3(8)1-6(13,5(11)12)2-4(9)10/h1-4,7-8,11-12,18H,5-6,9-10,13-14H2;13H,1-2H2,(H,7,8)(H,9,10)(H,11,12). The number of carboxylic acid groups (broad SMARTS) is 3. The Bertz CT molecular complexity index is 1020. The summed E-state index contributed by atoms with van der Waals surface area (Å²) in [7, 11) is 0. The maximum absolute atomic E-state index is 10.3. The zero-order valence-corrected chi connectivity index (χ0v) is 19.9. The minimum absolute atomic E-state index is 0.361. The molecule has 2 fully saturated rings. The molecule has 0 radical (unpaired) electrons. The maximum Gasteiger partial charge on any atom is 0.336 e. The summed E-state index contributed by atoms with van der Waals surface area (Å²) < 4.78 is 0. The zero-order valence-electron chi connectivity index (χ0n) is 19.1. The van der Waals surface area contributed by atoms with Crippen molar-refractivity contribution in [1.82, 2.24) is 9.88 Å². The van der Waals surface area contributed by atoms with Crippen molar-refractivity contribution < 1.29 is 34.8 Å². The van der Waals surface area contributed by atoms with Crippen LogP contribution in [0.5, 0.6) is 0 Å². The zero-order chi connectivity index (χ0) is 25.6. The van der Waals surface area contributed by atoms with Crippen LogP contribution < -0.4 is 0 Å². The van der Waals surface area contributed by atoms with Gasteiger partial charge in [-0.2, -0.15) is 0 Å². The fraction of sp³-hybridized carbons (Fsp3) is 0.440. The lowest BCUT2D eigenvalue weighted by Crippen LogP contribution is -2.42. The van der Waals surface area contributed by atoms with Crippen molar-refractivity contribution in [3.05, 3.63) is 64.9 Å². The summed E-state index contributed by atoms with van der Waals surface area (Å²) in [5.74, 6) is -5.02. The van der Waals surface area contributed by atoms with Crippen molar-refractivity contribution in [2.24, 2.45) is 0 Å². The van der Waals surface area contributed by atoms with E-state index in [1.807, 2.05) is 24.5 Å². The molecular formula is C25H29ClN2O7. The van der Waals surface area contributed by atoms with Gasteiger partial charge in [0.1, 0.15) is 0 Å². The lowest BCUT2D eigenvalue weighted by molar-refractivity contribution is -0.170. The molecule has 1 heterocycles. The lowest BCUT2D eigenvalue weighted by atomic mass is 9.95. The first-order valence-corrected chi connectivity index (χ1v) is 11.7. The highest BCUT2D eigenvalue weighted by Crippen LogP contribution is 2.50. The normalized spacial score (nSPS) is 16.2. The molecule has 2 aromatic rings. The van der Waals surface area contributed by atoms with Crippen LogP contribution in [0.15, 0.2) is 48.8 Å². The van der Waals surface area contributed by atoms with Crippen molar-refractivity contribution >= 4 is 29.5 Å². The van der Waals surface area contributed by atoms with Crippen LogP contribution in [0, 0.1) is 0 Å². The molecule has 10 heteroatoms. The molecule has 2 aliphatic rings. The minimum Gasteiger partial charge on any atom is -0.481 e. The molecule has 0 atom stereocenters. The molecule has 0 aliphatic heterocycles. The Labute approximate surface area is 208 Å². The Morgan fingerprint density at radius 1 is 0.971 bits per heavy atom. The topological polar surface area (TPSA) is 148 Å². The average Bonchev–Trinajstić information content (AvgIpc) is 3.69. The average molecular weight is 505 g/mol. The van der Waals surface area contributed by atoms with E-state index in [9.17, 15) is 14.4 Å². The van der Waals surface area contributed by atoms with Gasteiger partial charge in [-0.05, 0) is 61.1 Å². The Balaban J connectivity index is 0.000000228. The second-order valence-corrected chi connectivity index (χ2v) is 9.69. The SMILES string of the molecule is Clc1ccc(C2(CN(Cc3ccncc3)C3CC3)CC2)cc1.O=C(O)CC(O)(CC(=O)O)C(=O)O. The van der Waals surface area contributed by atoms with Crippen LogP contribution in [0.2, 0.25) is 5.02 Å². The summed E-state index contributed by atoms with van der Waals surface area (Å²) in [6.07, 6.45) is 6.80. The predicted molar refractivity (Wildman–Crippen MR) is 127 cm³/mol. The molecule has 1 aromatic heterocycles. The molecule has 188 valence electrons. The second kappa shape index (κ2) is 11.2. The van der Waals surface area contributed by atoms with E-state index in [0.717, 1.165) is 17.6 Å². The summed E-state index contributed by atoms with van der Waals surface area (Å²) in [4.78, 5) is 37.3. The first-order valence-electron chi connectivity index (χ1n) is 11.3. The largest absolute Gasteiger partial charge is 0.481 e. The van der Waals surface area contributed by atoms with Gasteiger partial charge in [-0.25, -0.2) is 4.79 Å². The van der Waals surface area contributed by atoms with Crippen LogP contribution in [0.3, 0.4) is 0 Å². The van der Waals surface area contributed by atoms with E-state index in [2.05, 4.69) is 34.1 Å². The van der Waals surface area contributed by atoms with Gasteiger partial charge in [0.15, 0.2) is 5.60 Å². The minimum atomic E-state index is -2.74. The van der Waals surface area contributed by atoms with Gasteiger partial charge in [-0.1, -0.05) is 23.7 Å². The van der Waals surface area contributed by atoms with Crippen LogP contribution in [0.4, 0.5) is 0 Å². The summed E-state index contributed by atoms with van der Waals surface area (Å²) in [5.41, 5.74) is 0.448. The van der Waals surface area contributed by atoms with Gasteiger partial charge in [0.25, 0.3) is 0 Å². The molecule has 0 amide bonds. The molecule has 1 aromatic carbocycles. The van der Waals surface area contributed by atoms with Crippen LogP contribution in [-0.4, -0.2) is 66.4 Å². The van der Waals surface area contributed by atoms with Crippen molar-refractivity contribution in [2.45, 2.75) is 62.1 Å². The van der Waals surface area contributed by atoms with E-state index in [-0.39, 0.29) is 0 Å². The third kappa shape index (κ3) is 7.74. The second-order valence-electron chi connectivity index (χ2n) is 9.26. The van der Waals surface area contributed by atoms with Crippen LogP contribution in [0.1, 0.15) is 49.7 Å². The van der Waals surface area contributed by atoms with E-state index >= 15 is 0 Å². The Morgan fingerprint density at radius 3 is 1.94 bits per heavy atom. The quantitative estimate of drug-likeness (QED) is 0.362. The number of hydrogen-bond donors (Lipinski definition) is 4. The number of pyridine rings is 1. The maximum atomic E-state index is 10.3. The van der Waals surface area contributed by atoms with Crippen molar-refractivity contribution in [3.8, 4) is 0 Å². The Hall–Kier alpha value is -3.01. The number of nitrogens with zero attached hydrogens (tertiary/aromatic N) is 2. The molecule has 4 rings (SSSR count). The molecule has 0 unspecified atom stereocenters. The number of carboxylic acids is 3. The molecule has 2 aliphatic carbocycles. The van der Waals surface area contributed by atoms with E-state index in [4.69, 9.17) is 32.0 Å². The van der Waals surface area contributed by atoms with E-state index in [1.54, 1.807) is 0 Å². The highest BCUT2D eigenvalue weighted by atomic mass is 35.5. The van der Waals surface area contributed by atoms with Crippen molar-refractivity contribution in [1.29, 1.82) is 0 Å². The van der Waals surface area contributed by atoms with Crippen molar-refractivity contribution in [3.63, 3.8) is 0 Å². The molecule has 0 bridgehead atoms. The highest BCUT2D eigenvalue weighted by Gasteiger charge is 2.47. The Morgan fingerprint density at radius 2 is 1.51 bits per heavy atom. The smallest absolute Gasteiger partial charge is 0.336 e. The van der Waals surface area contributed by atoms with E-state index in [1.165, 1.54) is 43.4 Å². The first kappa shape index (κ1) is 26.6. The third-order valence-corrected chi connectivity index (χ3v) is 6.55. The molecule has 0 spiro atoms. The molecule has 9 nitrogen and oxygen atoms in total. The first-order chi connectivity index (χ1) is 16.5. The number of hydrogen-bond acceptors (Lipinski definition) is 6. The summed E-state index contributed by atoms with van der Waals surface area (Å²) >= 11 is 6.04. The van der Waals surface area contributed by atoms with Gasteiger partial charge >= 0.3 is 17.9 Å². The van der Waals surface area contributed by atoms with Gasteiger partial charge in [0.05, 0.1) is 12.8 Å². The number of halogens is 1. The van der Waals surface area contributed by atoms with Gasteiger partial charge < -0.3 is 20.4 Å². The predicted octanol–water partition coefficient (Wildman–Crippen LogP) is 3.18. The van der Waals surface area contributed by atoms with Crippen LogP contribution in [-0.2, 0) is 26.3 Å².